The van der Waals surface area contributed by atoms with Gasteiger partial charge in [-0.2, -0.15) is 0 Å². The van der Waals surface area contributed by atoms with Crippen molar-refractivity contribution < 1.29 is 9.59 Å². The van der Waals surface area contributed by atoms with Gasteiger partial charge < -0.3 is 5.32 Å². The van der Waals surface area contributed by atoms with E-state index in [4.69, 9.17) is 12.2 Å². The number of thioether (sulfide) groups is 1. The molecule has 0 bridgehead atoms. The van der Waals surface area contributed by atoms with Crippen molar-refractivity contribution in [2.75, 3.05) is 17.6 Å². The fraction of sp³-hybridized carbons (Fsp3) is 0.471. The van der Waals surface area contributed by atoms with Crippen molar-refractivity contribution in [3.63, 3.8) is 0 Å². The molecule has 6 heteroatoms. The lowest BCUT2D eigenvalue weighted by molar-refractivity contribution is -0.124. The molecular weight excluding hydrogens is 328 g/mol. The predicted molar refractivity (Wildman–Crippen MR) is 99.8 cm³/mol. The van der Waals surface area contributed by atoms with E-state index in [1.807, 2.05) is 25.1 Å². The molecule has 0 saturated carbocycles. The van der Waals surface area contributed by atoms with Crippen LogP contribution in [0.3, 0.4) is 0 Å². The second-order valence-corrected chi connectivity index (χ2v) is 7.37. The summed E-state index contributed by atoms with van der Waals surface area (Å²) in [5.74, 6) is 0.612. The molecule has 124 valence electrons. The van der Waals surface area contributed by atoms with Crippen molar-refractivity contribution in [1.29, 1.82) is 0 Å². The number of nitrogens with one attached hydrogen (secondary N) is 1. The minimum Gasteiger partial charge on any atom is -0.326 e. The fourth-order valence-electron chi connectivity index (χ4n) is 2.37. The molecule has 0 radical (unpaired) electrons. The highest BCUT2D eigenvalue weighted by molar-refractivity contribution is 8.23. The molecule has 1 heterocycles. The Hall–Kier alpha value is -1.40. The summed E-state index contributed by atoms with van der Waals surface area (Å²) in [6, 6.07) is 5.93. The topological polar surface area (TPSA) is 49.4 Å². The zero-order valence-electron chi connectivity index (χ0n) is 13.6. The largest absolute Gasteiger partial charge is 0.326 e. The second kappa shape index (κ2) is 8.45. The van der Waals surface area contributed by atoms with Crippen LogP contribution in [0.5, 0.6) is 0 Å². The first-order valence-corrected chi connectivity index (χ1v) is 9.21. The van der Waals surface area contributed by atoms with Crippen molar-refractivity contribution in [1.82, 2.24) is 4.90 Å². The van der Waals surface area contributed by atoms with E-state index in [9.17, 15) is 9.59 Å². The molecule has 1 fully saturated rings. The number of nitrogens with zero attached hydrogens (tertiary/aromatic N) is 1. The van der Waals surface area contributed by atoms with Gasteiger partial charge >= 0.3 is 0 Å². The number of hydrogen-bond donors (Lipinski definition) is 1. The van der Waals surface area contributed by atoms with E-state index in [2.05, 4.69) is 12.2 Å². The van der Waals surface area contributed by atoms with E-state index in [-0.39, 0.29) is 11.8 Å². The zero-order valence-corrected chi connectivity index (χ0v) is 15.2. The van der Waals surface area contributed by atoms with Gasteiger partial charge in [-0.25, -0.2) is 0 Å². The van der Waals surface area contributed by atoms with Crippen LogP contribution in [0, 0.1) is 13.8 Å². The molecule has 1 aliphatic rings. The zero-order chi connectivity index (χ0) is 16.8. The van der Waals surface area contributed by atoms with Crippen molar-refractivity contribution in [2.24, 2.45) is 0 Å². The highest BCUT2D eigenvalue weighted by Crippen LogP contribution is 2.20. The van der Waals surface area contributed by atoms with Gasteiger partial charge in [-0.15, -0.1) is 0 Å². The SMILES string of the molecule is Cc1ccc(NC(=O)CCCCCN2C(=O)CSC2=S)cc1C. The molecule has 1 aliphatic heterocycles. The molecule has 0 spiro atoms. The number of carbonyl (C=O) groups is 2. The van der Waals surface area contributed by atoms with Crippen LogP contribution in [0.15, 0.2) is 18.2 Å². The van der Waals surface area contributed by atoms with Crippen LogP contribution in [0.1, 0.15) is 36.8 Å². The third kappa shape index (κ3) is 5.32. The number of carbonyl (C=O) groups excluding carboxylic acids is 2. The number of anilines is 1. The molecule has 23 heavy (non-hydrogen) atoms. The van der Waals surface area contributed by atoms with Gasteiger partial charge in [-0.3, -0.25) is 14.5 Å². The summed E-state index contributed by atoms with van der Waals surface area (Å²) in [6.07, 6.45) is 3.11. The number of rotatable bonds is 7. The summed E-state index contributed by atoms with van der Waals surface area (Å²) in [7, 11) is 0. The molecule has 0 aliphatic carbocycles. The van der Waals surface area contributed by atoms with Gasteiger partial charge in [-0.1, -0.05) is 36.5 Å². The second-order valence-electron chi connectivity index (χ2n) is 5.76. The maximum Gasteiger partial charge on any atom is 0.238 e. The average Bonchev–Trinajstić information content (AvgIpc) is 2.82. The van der Waals surface area contributed by atoms with Crippen molar-refractivity contribution in [2.45, 2.75) is 39.5 Å². The molecule has 1 aromatic rings. The standard InChI is InChI=1S/C17H22N2O2S2/c1-12-7-8-14(10-13(12)2)18-15(20)6-4-3-5-9-19-16(21)11-23-17(19)22/h7-8,10H,3-6,9,11H2,1-2H3,(H,18,20). The Labute approximate surface area is 147 Å². The summed E-state index contributed by atoms with van der Waals surface area (Å²) in [4.78, 5) is 25.2. The lowest BCUT2D eigenvalue weighted by atomic mass is 10.1. The molecule has 0 atom stereocenters. The van der Waals surface area contributed by atoms with Crippen LogP contribution in [-0.2, 0) is 9.59 Å². The third-order valence-corrected chi connectivity index (χ3v) is 5.35. The van der Waals surface area contributed by atoms with E-state index in [0.717, 1.165) is 24.9 Å². The fourth-order valence-corrected chi connectivity index (χ4v) is 3.49. The van der Waals surface area contributed by atoms with Crippen LogP contribution in [0.4, 0.5) is 5.69 Å². The number of unbranched alkanes of at least 4 members (excludes halogenated alkanes) is 2. The Kier molecular flexibility index (Phi) is 6.59. The van der Waals surface area contributed by atoms with Crippen LogP contribution in [0.2, 0.25) is 0 Å². The molecule has 2 amide bonds. The number of benzene rings is 1. The maximum atomic E-state index is 11.9. The number of hydrogen-bond acceptors (Lipinski definition) is 4. The summed E-state index contributed by atoms with van der Waals surface area (Å²) in [5, 5.41) is 2.93. The third-order valence-electron chi connectivity index (χ3n) is 3.92. The molecule has 1 saturated heterocycles. The summed E-state index contributed by atoms with van der Waals surface area (Å²) in [6.45, 7) is 4.76. The van der Waals surface area contributed by atoms with Gasteiger partial charge in [0.1, 0.15) is 4.32 Å². The molecule has 4 nitrogen and oxygen atoms in total. The van der Waals surface area contributed by atoms with Gasteiger partial charge in [0.25, 0.3) is 0 Å². The van der Waals surface area contributed by atoms with Gasteiger partial charge in [0.15, 0.2) is 0 Å². The minimum atomic E-state index is 0.0385. The van der Waals surface area contributed by atoms with Crippen molar-refractivity contribution in [3.8, 4) is 0 Å². The van der Waals surface area contributed by atoms with Gasteiger partial charge in [0.05, 0.1) is 5.75 Å². The quantitative estimate of drug-likeness (QED) is 0.602. The lowest BCUT2D eigenvalue weighted by Gasteiger charge is -2.14. The van der Waals surface area contributed by atoms with Crippen LogP contribution in [0.25, 0.3) is 0 Å². The molecule has 2 rings (SSSR count). The Balaban J connectivity index is 1.64. The normalized spacial score (nSPS) is 14.4. The van der Waals surface area contributed by atoms with E-state index in [1.54, 1.807) is 4.90 Å². The average molecular weight is 351 g/mol. The minimum absolute atomic E-state index is 0.0385. The Morgan fingerprint density at radius 3 is 2.70 bits per heavy atom. The first kappa shape index (κ1) is 17.9. The lowest BCUT2D eigenvalue weighted by Crippen LogP contribution is -2.29. The van der Waals surface area contributed by atoms with Gasteiger partial charge in [-0.05, 0) is 49.9 Å². The van der Waals surface area contributed by atoms with Gasteiger partial charge in [0.2, 0.25) is 11.8 Å². The summed E-state index contributed by atoms with van der Waals surface area (Å²) >= 11 is 6.56. The Morgan fingerprint density at radius 1 is 1.26 bits per heavy atom. The smallest absolute Gasteiger partial charge is 0.238 e. The van der Waals surface area contributed by atoms with E-state index in [0.29, 0.717) is 23.0 Å². The van der Waals surface area contributed by atoms with Crippen LogP contribution in [-0.4, -0.2) is 33.3 Å². The molecule has 0 aromatic heterocycles. The summed E-state index contributed by atoms with van der Waals surface area (Å²) < 4.78 is 0.683. The number of aryl methyl sites for hydroxylation is 2. The van der Waals surface area contributed by atoms with Crippen molar-refractivity contribution >= 4 is 45.8 Å². The van der Waals surface area contributed by atoms with Crippen LogP contribution < -0.4 is 5.32 Å². The van der Waals surface area contributed by atoms with Crippen LogP contribution >= 0.6 is 24.0 Å². The van der Waals surface area contributed by atoms with E-state index < -0.39 is 0 Å². The predicted octanol–water partition coefficient (Wildman–Crippen LogP) is 3.66. The maximum absolute atomic E-state index is 11.9. The van der Waals surface area contributed by atoms with E-state index >= 15 is 0 Å². The van der Waals surface area contributed by atoms with E-state index in [1.165, 1.54) is 22.9 Å². The number of amides is 2. The molecular formula is C17H22N2O2S2. The monoisotopic (exact) mass is 350 g/mol. The van der Waals surface area contributed by atoms with Gasteiger partial charge in [0, 0.05) is 18.7 Å². The molecule has 1 aromatic carbocycles. The number of thiocarbonyl (C=S) groups is 1. The first-order valence-electron chi connectivity index (χ1n) is 7.81. The Morgan fingerprint density at radius 2 is 2.04 bits per heavy atom. The molecule has 0 unspecified atom stereocenters. The first-order chi connectivity index (χ1) is 11.0. The van der Waals surface area contributed by atoms with Crippen molar-refractivity contribution in [3.05, 3.63) is 29.3 Å². The molecule has 1 N–H and O–H groups in total. The highest BCUT2D eigenvalue weighted by atomic mass is 32.2. The summed E-state index contributed by atoms with van der Waals surface area (Å²) in [5.41, 5.74) is 3.24. The Bertz CT molecular complexity index is 601. The highest BCUT2D eigenvalue weighted by Gasteiger charge is 2.25.